The first-order valence-electron chi connectivity index (χ1n) is 12.2. The highest BCUT2D eigenvalue weighted by atomic mass is 32.2. The standard InChI is InChI=1S/C27H25N7O4S/c1-18-8-12-30-27(31-18)34-39(35,36)23-5-3-21(4-6-23)32-26-29-13-9-24(33-26)19-2-7-25(20(16-19)17-28)38-22-10-14-37-15-11-22/h2-9,12-13,16,22H,10-11,14-15H2,1H3,(H,29,32,33)(H,30,31,34). The van der Waals surface area contributed by atoms with E-state index in [1.54, 1.807) is 49.5 Å². The van der Waals surface area contributed by atoms with Crippen molar-refractivity contribution in [2.24, 2.45) is 0 Å². The molecule has 1 aliphatic rings. The fourth-order valence-electron chi connectivity index (χ4n) is 3.96. The first-order valence-corrected chi connectivity index (χ1v) is 13.7. The van der Waals surface area contributed by atoms with E-state index in [2.05, 4.69) is 36.0 Å². The molecule has 0 unspecified atom stereocenters. The molecule has 39 heavy (non-hydrogen) atoms. The molecule has 5 rings (SSSR count). The molecular weight excluding hydrogens is 518 g/mol. The van der Waals surface area contributed by atoms with Crippen LogP contribution >= 0.6 is 0 Å². The third-order valence-corrected chi connectivity index (χ3v) is 7.30. The van der Waals surface area contributed by atoms with Crippen molar-refractivity contribution < 1.29 is 17.9 Å². The number of nitrogens with zero attached hydrogens (tertiary/aromatic N) is 5. The Labute approximate surface area is 226 Å². The summed E-state index contributed by atoms with van der Waals surface area (Å²) in [6.07, 6.45) is 4.70. The third kappa shape index (κ3) is 6.46. The molecule has 0 atom stereocenters. The summed E-state index contributed by atoms with van der Waals surface area (Å²) in [5, 5.41) is 12.8. The third-order valence-electron chi connectivity index (χ3n) is 5.95. The fraction of sp³-hybridized carbons (Fsp3) is 0.222. The number of rotatable bonds is 8. The van der Waals surface area contributed by atoms with Crippen LogP contribution in [0.1, 0.15) is 24.1 Å². The average molecular weight is 544 g/mol. The molecule has 198 valence electrons. The molecule has 1 aliphatic heterocycles. The van der Waals surface area contributed by atoms with Gasteiger partial charge in [0.25, 0.3) is 10.0 Å². The predicted molar refractivity (Wildman–Crippen MR) is 144 cm³/mol. The van der Waals surface area contributed by atoms with E-state index in [4.69, 9.17) is 9.47 Å². The van der Waals surface area contributed by atoms with Crippen molar-refractivity contribution in [1.82, 2.24) is 19.9 Å². The number of nitrogens with one attached hydrogen (secondary N) is 2. The fourth-order valence-corrected chi connectivity index (χ4v) is 4.91. The van der Waals surface area contributed by atoms with Gasteiger partial charge in [0.1, 0.15) is 17.9 Å². The first kappa shape index (κ1) is 26.0. The van der Waals surface area contributed by atoms with Gasteiger partial charge in [-0.3, -0.25) is 0 Å². The molecule has 12 heteroatoms. The maximum Gasteiger partial charge on any atom is 0.264 e. The summed E-state index contributed by atoms with van der Waals surface area (Å²) < 4.78 is 39.2. The second-order valence-corrected chi connectivity index (χ2v) is 10.5. The number of hydrogen-bond donors (Lipinski definition) is 2. The molecule has 2 aromatic carbocycles. The van der Waals surface area contributed by atoms with Crippen LogP contribution in [0.4, 0.5) is 17.6 Å². The van der Waals surface area contributed by atoms with E-state index in [-0.39, 0.29) is 16.9 Å². The minimum absolute atomic E-state index is 0.00477. The van der Waals surface area contributed by atoms with Gasteiger partial charge in [-0.2, -0.15) is 5.26 Å². The maximum absolute atomic E-state index is 12.7. The van der Waals surface area contributed by atoms with Crippen LogP contribution in [0.2, 0.25) is 0 Å². The smallest absolute Gasteiger partial charge is 0.264 e. The van der Waals surface area contributed by atoms with E-state index in [0.717, 1.165) is 18.4 Å². The quantitative estimate of drug-likeness (QED) is 0.330. The SMILES string of the molecule is Cc1ccnc(NS(=O)(=O)c2ccc(Nc3nccc(-c4ccc(OC5CCOCC5)c(C#N)c4)n3)cc2)n1. The molecule has 0 amide bonds. The van der Waals surface area contributed by atoms with Gasteiger partial charge in [-0.1, -0.05) is 0 Å². The minimum Gasteiger partial charge on any atom is -0.489 e. The molecule has 0 spiro atoms. The van der Waals surface area contributed by atoms with E-state index >= 15 is 0 Å². The zero-order valence-corrected chi connectivity index (χ0v) is 21.9. The van der Waals surface area contributed by atoms with Crippen LogP contribution in [-0.4, -0.2) is 47.7 Å². The Hall–Kier alpha value is -4.60. The van der Waals surface area contributed by atoms with E-state index < -0.39 is 10.0 Å². The Morgan fingerprint density at radius 2 is 1.72 bits per heavy atom. The monoisotopic (exact) mass is 543 g/mol. The lowest BCUT2D eigenvalue weighted by Crippen LogP contribution is -2.26. The molecule has 1 saturated heterocycles. The van der Waals surface area contributed by atoms with Crippen molar-refractivity contribution in [3.05, 3.63) is 78.2 Å². The van der Waals surface area contributed by atoms with Gasteiger partial charge < -0.3 is 14.8 Å². The van der Waals surface area contributed by atoms with Crippen molar-refractivity contribution in [2.45, 2.75) is 30.8 Å². The summed E-state index contributed by atoms with van der Waals surface area (Å²) in [4.78, 5) is 16.9. The molecule has 2 aromatic heterocycles. The first-order chi connectivity index (χ1) is 18.9. The Kier molecular flexibility index (Phi) is 7.62. The average Bonchev–Trinajstić information content (AvgIpc) is 2.94. The molecule has 11 nitrogen and oxygen atoms in total. The lowest BCUT2D eigenvalue weighted by Gasteiger charge is -2.23. The van der Waals surface area contributed by atoms with Gasteiger partial charge in [-0.25, -0.2) is 33.1 Å². The predicted octanol–water partition coefficient (Wildman–Crippen LogP) is 4.22. The number of benzene rings is 2. The maximum atomic E-state index is 12.7. The normalized spacial score (nSPS) is 13.8. The second kappa shape index (κ2) is 11.4. The van der Waals surface area contributed by atoms with E-state index in [0.29, 0.717) is 47.6 Å². The summed E-state index contributed by atoms with van der Waals surface area (Å²) >= 11 is 0. The van der Waals surface area contributed by atoms with Crippen LogP contribution in [0, 0.1) is 18.3 Å². The zero-order valence-electron chi connectivity index (χ0n) is 21.0. The summed E-state index contributed by atoms with van der Waals surface area (Å²) in [6.45, 7) is 3.05. The van der Waals surface area contributed by atoms with Gasteiger partial charge in [-0.05, 0) is 61.5 Å². The van der Waals surface area contributed by atoms with Crippen molar-refractivity contribution in [3.63, 3.8) is 0 Å². The van der Waals surface area contributed by atoms with Gasteiger partial charge >= 0.3 is 0 Å². The zero-order chi connectivity index (χ0) is 27.2. The molecule has 0 radical (unpaired) electrons. The molecule has 1 fully saturated rings. The molecule has 0 aliphatic carbocycles. The molecular formula is C27H25N7O4S. The molecule has 4 aromatic rings. The van der Waals surface area contributed by atoms with Crippen LogP contribution in [0.15, 0.2) is 71.9 Å². The Morgan fingerprint density at radius 1 is 0.974 bits per heavy atom. The highest BCUT2D eigenvalue weighted by Gasteiger charge is 2.18. The van der Waals surface area contributed by atoms with E-state index in [1.165, 1.54) is 18.3 Å². The lowest BCUT2D eigenvalue weighted by atomic mass is 10.1. The van der Waals surface area contributed by atoms with Gasteiger partial charge in [0.05, 0.1) is 29.4 Å². The number of ether oxygens (including phenoxy) is 2. The van der Waals surface area contributed by atoms with E-state index in [9.17, 15) is 13.7 Å². The summed E-state index contributed by atoms with van der Waals surface area (Å²) in [5.41, 5.74) is 3.02. The van der Waals surface area contributed by atoms with Crippen LogP contribution in [0.25, 0.3) is 11.3 Å². The number of anilines is 3. The summed E-state index contributed by atoms with van der Waals surface area (Å²) in [5.74, 6) is 0.861. The van der Waals surface area contributed by atoms with Gasteiger partial charge in [0.2, 0.25) is 11.9 Å². The van der Waals surface area contributed by atoms with Crippen LogP contribution < -0.4 is 14.8 Å². The van der Waals surface area contributed by atoms with Gasteiger partial charge in [-0.15, -0.1) is 0 Å². The molecule has 0 bridgehead atoms. The van der Waals surface area contributed by atoms with Crippen molar-refractivity contribution in [2.75, 3.05) is 23.3 Å². The van der Waals surface area contributed by atoms with Crippen molar-refractivity contribution in [1.29, 1.82) is 5.26 Å². The van der Waals surface area contributed by atoms with Crippen molar-refractivity contribution in [3.8, 4) is 23.1 Å². The van der Waals surface area contributed by atoms with E-state index in [1.807, 2.05) is 6.07 Å². The topological polar surface area (TPSA) is 152 Å². The number of aromatic nitrogens is 4. The van der Waals surface area contributed by atoms with Gasteiger partial charge in [0.15, 0.2) is 0 Å². The molecule has 0 saturated carbocycles. The number of hydrogen-bond acceptors (Lipinski definition) is 10. The Morgan fingerprint density at radius 3 is 2.46 bits per heavy atom. The highest BCUT2D eigenvalue weighted by molar-refractivity contribution is 7.92. The highest BCUT2D eigenvalue weighted by Crippen LogP contribution is 2.28. The summed E-state index contributed by atoms with van der Waals surface area (Å²) in [6, 6.07) is 17.1. The van der Waals surface area contributed by atoms with Crippen LogP contribution in [0.5, 0.6) is 5.75 Å². The molecule has 2 N–H and O–H groups in total. The number of aryl methyl sites for hydroxylation is 1. The molecule has 3 heterocycles. The largest absolute Gasteiger partial charge is 0.489 e. The van der Waals surface area contributed by atoms with Crippen LogP contribution in [0.3, 0.4) is 0 Å². The minimum atomic E-state index is -3.86. The summed E-state index contributed by atoms with van der Waals surface area (Å²) in [7, 11) is -3.86. The second-order valence-electron chi connectivity index (χ2n) is 8.79. The van der Waals surface area contributed by atoms with Crippen molar-refractivity contribution >= 4 is 27.6 Å². The van der Waals surface area contributed by atoms with Crippen LogP contribution in [-0.2, 0) is 14.8 Å². The number of nitriles is 1. The number of sulfonamides is 1. The lowest BCUT2D eigenvalue weighted by molar-refractivity contribution is 0.0254. The van der Waals surface area contributed by atoms with Gasteiger partial charge in [0, 0.05) is 42.2 Å². The Balaban J connectivity index is 1.29. The Bertz CT molecular complexity index is 1620.